The van der Waals surface area contributed by atoms with Crippen LogP contribution in [0.15, 0.2) is 35.5 Å². The number of hydrogen-bond donors (Lipinski definition) is 1. The van der Waals surface area contributed by atoms with Crippen LogP contribution in [0.2, 0.25) is 0 Å². The van der Waals surface area contributed by atoms with Crippen molar-refractivity contribution in [1.82, 2.24) is 0 Å². The van der Waals surface area contributed by atoms with Gasteiger partial charge < -0.3 is 19.3 Å². The highest BCUT2D eigenvalue weighted by Crippen LogP contribution is 2.49. The highest BCUT2D eigenvalue weighted by molar-refractivity contribution is 5.92. The first-order valence-corrected chi connectivity index (χ1v) is 8.96. The number of fused-ring (bicyclic) bond motifs is 2. The van der Waals surface area contributed by atoms with Crippen LogP contribution in [0, 0.1) is 5.92 Å². The fraction of sp³-hybridized carbons (Fsp3) is 0.600. The van der Waals surface area contributed by atoms with Gasteiger partial charge in [-0.25, -0.2) is 9.59 Å². The number of aliphatic hydroxyl groups is 1. The van der Waals surface area contributed by atoms with E-state index >= 15 is 0 Å². The van der Waals surface area contributed by atoms with Crippen molar-refractivity contribution in [3.05, 3.63) is 35.5 Å². The third-order valence-corrected chi connectivity index (χ3v) is 5.72. The van der Waals surface area contributed by atoms with Gasteiger partial charge in [0.2, 0.25) is 0 Å². The predicted octanol–water partition coefficient (Wildman–Crippen LogP) is 2.22. The lowest BCUT2D eigenvalue weighted by molar-refractivity contribution is -0.148. The topological polar surface area (TPSA) is 85.4 Å². The zero-order valence-electron chi connectivity index (χ0n) is 15.7. The molecule has 0 aromatic rings. The summed E-state index contributed by atoms with van der Waals surface area (Å²) in [4.78, 5) is 24.5. The van der Waals surface area contributed by atoms with Crippen LogP contribution in [0.25, 0.3) is 0 Å². The molecule has 2 fully saturated rings. The maximum atomic E-state index is 12.4. The minimum atomic E-state index is -0.675. The summed E-state index contributed by atoms with van der Waals surface area (Å²) < 4.78 is 17.1. The van der Waals surface area contributed by atoms with Gasteiger partial charge in [0, 0.05) is 11.1 Å². The smallest absolute Gasteiger partial charge is 0.334 e. The SMILES string of the molecule is C=C1C(=O)O[C@H]2/C=C(/C)[C@H](O)CC[C@@]3(C)O[C@H]3[C@@H](OC(=O)/C(C)=C\C)[C@H]12. The molecular weight excluding hydrogens is 336 g/mol. The lowest BCUT2D eigenvalue weighted by Gasteiger charge is -2.27. The Kier molecular flexibility index (Phi) is 4.84. The molecule has 142 valence electrons. The molecule has 0 spiro atoms. The Balaban J connectivity index is 2.00. The van der Waals surface area contributed by atoms with Crippen molar-refractivity contribution >= 4 is 11.9 Å². The van der Waals surface area contributed by atoms with Crippen molar-refractivity contribution in [1.29, 1.82) is 0 Å². The Hall–Kier alpha value is -1.92. The maximum Gasteiger partial charge on any atom is 0.334 e. The van der Waals surface area contributed by atoms with E-state index in [4.69, 9.17) is 14.2 Å². The van der Waals surface area contributed by atoms with Crippen molar-refractivity contribution in [2.45, 2.75) is 70.6 Å². The van der Waals surface area contributed by atoms with E-state index in [1.165, 1.54) is 0 Å². The van der Waals surface area contributed by atoms with Crippen LogP contribution in [-0.4, -0.2) is 47.1 Å². The van der Waals surface area contributed by atoms with Gasteiger partial charge in [0.15, 0.2) is 0 Å². The molecule has 1 N–H and O–H groups in total. The lowest BCUT2D eigenvalue weighted by Crippen LogP contribution is -2.40. The molecule has 1 aliphatic carbocycles. The molecule has 6 atom stereocenters. The summed E-state index contributed by atoms with van der Waals surface area (Å²) in [6.45, 7) is 11.0. The number of carbonyl (C=O) groups is 2. The van der Waals surface area contributed by atoms with E-state index in [-0.39, 0.29) is 11.7 Å². The normalized spacial score (nSPS) is 42.1. The number of esters is 2. The number of hydrogen-bond acceptors (Lipinski definition) is 6. The Morgan fingerprint density at radius 2 is 2.19 bits per heavy atom. The van der Waals surface area contributed by atoms with Gasteiger partial charge in [-0.05, 0) is 52.2 Å². The van der Waals surface area contributed by atoms with Gasteiger partial charge in [0.25, 0.3) is 0 Å². The summed E-state index contributed by atoms with van der Waals surface area (Å²) in [6, 6.07) is 0. The van der Waals surface area contributed by atoms with E-state index in [0.717, 1.165) is 5.57 Å². The molecular formula is C20H26O6. The lowest BCUT2D eigenvalue weighted by atomic mass is 9.82. The van der Waals surface area contributed by atoms with Gasteiger partial charge in [-0.1, -0.05) is 12.7 Å². The maximum absolute atomic E-state index is 12.4. The fourth-order valence-corrected chi connectivity index (χ4v) is 3.68. The Morgan fingerprint density at radius 3 is 2.85 bits per heavy atom. The molecule has 0 amide bonds. The molecule has 2 saturated heterocycles. The van der Waals surface area contributed by atoms with Crippen LogP contribution in [0.3, 0.4) is 0 Å². The van der Waals surface area contributed by atoms with Crippen molar-refractivity contribution in [3.8, 4) is 0 Å². The second-order valence-corrected chi connectivity index (χ2v) is 7.58. The second kappa shape index (κ2) is 6.67. The number of aliphatic hydroxyl groups excluding tert-OH is 1. The van der Waals surface area contributed by atoms with Crippen molar-refractivity contribution in [3.63, 3.8) is 0 Å². The molecule has 3 aliphatic rings. The minimum Gasteiger partial charge on any atom is -0.455 e. The molecule has 0 saturated carbocycles. The fourth-order valence-electron chi connectivity index (χ4n) is 3.68. The van der Waals surface area contributed by atoms with Crippen LogP contribution < -0.4 is 0 Å². The Morgan fingerprint density at radius 1 is 1.50 bits per heavy atom. The quantitative estimate of drug-likeness (QED) is 0.351. The first kappa shape index (κ1) is 18.9. The van der Waals surface area contributed by atoms with E-state index in [1.807, 2.05) is 6.92 Å². The molecule has 26 heavy (non-hydrogen) atoms. The Bertz CT molecular complexity index is 705. The highest BCUT2D eigenvalue weighted by atomic mass is 16.6. The third-order valence-electron chi connectivity index (χ3n) is 5.72. The van der Waals surface area contributed by atoms with Crippen LogP contribution in [0.4, 0.5) is 0 Å². The van der Waals surface area contributed by atoms with E-state index in [1.54, 1.807) is 32.9 Å². The first-order valence-electron chi connectivity index (χ1n) is 8.96. The highest BCUT2D eigenvalue weighted by Gasteiger charge is 2.62. The Labute approximate surface area is 153 Å². The van der Waals surface area contributed by atoms with Gasteiger partial charge in [-0.3, -0.25) is 0 Å². The molecule has 2 heterocycles. The zero-order valence-corrected chi connectivity index (χ0v) is 15.7. The second-order valence-electron chi connectivity index (χ2n) is 7.58. The van der Waals surface area contributed by atoms with Gasteiger partial charge in [-0.15, -0.1) is 0 Å². The summed E-state index contributed by atoms with van der Waals surface area (Å²) in [6.07, 6.45) is 2.25. The van der Waals surface area contributed by atoms with Crippen molar-refractivity contribution in [2.24, 2.45) is 5.92 Å². The van der Waals surface area contributed by atoms with E-state index < -0.39 is 41.8 Å². The van der Waals surface area contributed by atoms with Crippen molar-refractivity contribution in [2.75, 3.05) is 0 Å². The van der Waals surface area contributed by atoms with E-state index in [0.29, 0.717) is 18.4 Å². The van der Waals surface area contributed by atoms with Gasteiger partial charge in [0.05, 0.1) is 17.6 Å². The summed E-state index contributed by atoms with van der Waals surface area (Å²) in [5, 5.41) is 10.3. The average molecular weight is 362 g/mol. The largest absolute Gasteiger partial charge is 0.455 e. The van der Waals surface area contributed by atoms with Gasteiger partial charge in [-0.2, -0.15) is 0 Å². The summed E-state index contributed by atoms with van der Waals surface area (Å²) in [7, 11) is 0. The minimum absolute atomic E-state index is 0.267. The number of rotatable bonds is 2. The summed E-state index contributed by atoms with van der Waals surface area (Å²) in [5.74, 6) is -1.49. The van der Waals surface area contributed by atoms with Crippen LogP contribution in [0.1, 0.15) is 40.5 Å². The van der Waals surface area contributed by atoms with E-state index in [9.17, 15) is 14.7 Å². The number of epoxide rings is 1. The molecule has 0 bridgehead atoms. The molecule has 0 radical (unpaired) electrons. The summed E-state index contributed by atoms with van der Waals surface area (Å²) in [5.41, 5.74) is 0.964. The van der Waals surface area contributed by atoms with E-state index in [2.05, 4.69) is 6.58 Å². The van der Waals surface area contributed by atoms with Crippen molar-refractivity contribution < 1.29 is 28.9 Å². The first-order chi connectivity index (χ1) is 12.2. The van der Waals surface area contributed by atoms with Gasteiger partial charge in [0.1, 0.15) is 18.3 Å². The molecule has 6 heteroatoms. The molecule has 2 aliphatic heterocycles. The molecule has 0 aromatic heterocycles. The molecule has 0 unspecified atom stereocenters. The number of ether oxygens (including phenoxy) is 3. The number of allylic oxidation sites excluding steroid dienone is 1. The standard InChI is InChI=1S/C20H26O6/c1-6-10(2)18(22)25-16-15-12(4)19(23)24-14(15)9-11(3)13(21)7-8-20(5)17(16)26-20/h6,9,13-17,21H,4,7-8H2,1-3,5H3/b10-6-,11-9-/t13-,14+,15-,16+,17+,20-/m1/s1. The third kappa shape index (κ3) is 3.23. The average Bonchev–Trinajstić information content (AvgIpc) is 3.20. The zero-order chi connectivity index (χ0) is 19.2. The van der Waals surface area contributed by atoms with Crippen LogP contribution >= 0.6 is 0 Å². The van der Waals surface area contributed by atoms with Gasteiger partial charge >= 0.3 is 11.9 Å². The number of carbonyl (C=O) groups excluding carboxylic acids is 2. The predicted molar refractivity (Wildman–Crippen MR) is 94.1 cm³/mol. The summed E-state index contributed by atoms with van der Waals surface area (Å²) >= 11 is 0. The molecule has 6 nitrogen and oxygen atoms in total. The monoisotopic (exact) mass is 362 g/mol. The molecule has 0 aromatic carbocycles. The molecule has 3 rings (SSSR count). The van der Waals surface area contributed by atoms with Crippen LogP contribution in [-0.2, 0) is 23.8 Å². The van der Waals surface area contributed by atoms with Crippen LogP contribution in [0.5, 0.6) is 0 Å².